The van der Waals surface area contributed by atoms with Crippen LogP contribution in [0.5, 0.6) is 0 Å². The Labute approximate surface area is 218 Å². The topological polar surface area (TPSA) is 92.1 Å². The summed E-state index contributed by atoms with van der Waals surface area (Å²) in [6.07, 6.45) is 18.3. The third-order valence-electron chi connectivity index (χ3n) is 4.78. The van der Waals surface area contributed by atoms with Gasteiger partial charge in [-0.1, -0.05) is 75.5 Å². The zero-order chi connectivity index (χ0) is 27.8. The zero-order valence-corrected chi connectivity index (χ0v) is 25.2. The van der Waals surface area contributed by atoms with Crippen LogP contribution in [0.15, 0.2) is 23.8 Å². The second kappa shape index (κ2) is 36.0. The molecule has 1 heterocycles. The Balaban J connectivity index is -0.000000166. The molecule has 1 saturated heterocycles. The van der Waals surface area contributed by atoms with E-state index in [2.05, 4.69) is 52.2 Å². The first-order valence-corrected chi connectivity index (χ1v) is 15.3. The van der Waals surface area contributed by atoms with Crippen LogP contribution in [0.1, 0.15) is 88.0 Å². The summed E-state index contributed by atoms with van der Waals surface area (Å²) in [5, 5.41) is 9.87. The fraction of sp³-hybridized carbons (Fsp3) is 0.667. The third-order valence-corrected chi connectivity index (χ3v) is 8.18. The standard InChI is InChI=1S/C13H20O2.C4H7.C3H8.C3H4.C2H5N.C2H6.Al.O2S/c1-5-12(7-8-14)13(4,6-2)9-11(3)10-15;1-3-4-2;2*1-3-2;1-2-3;1-2;;1-3-2/h7-8,10-11H,1,4-6,9H2,2-3H3;3-4H,1H2,2H3;3H2,1-2H3;1H,2H3;2-3H,1H3;1-2H3;;/b12-7-;4-3+;;;;;;. The number of rotatable bonds is 7. The number of carbonyl (C=O) groups is 2. The molecule has 0 aliphatic carbocycles. The molecule has 0 aromatic heterocycles. The van der Waals surface area contributed by atoms with Crippen LogP contribution in [0.4, 0.5) is 0 Å². The molecule has 1 rings (SSSR count). The van der Waals surface area contributed by atoms with E-state index in [1.54, 1.807) is 19.9 Å². The van der Waals surface area contributed by atoms with E-state index in [0.717, 1.165) is 31.8 Å². The molecule has 196 valence electrons. The lowest BCUT2D eigenvalue weighted by molar-refractivity contribution is -0.111. The van der Waals surface area contributed by atoms with Crippen LogP contribution >= 0.6 is 0 Å². The minimum absolute atomic E-state index is 0.0828. The summed E-state index contributed by atoms with van der Waals surface area (Å²) in [6.45, 7) is 17.9. The number of allylic oxidation sites excluding steroid dienone is 4. The van der Waals surface area contributed by atoms with Crippen molar-refractivity contribution in [1.82, 2.24) is 0 Å². The highest BCUT2D eigenvalue weighted by Gasteiger charge is 2.41. The second-order valence-corrected chi connectivity index (χ2v) is 10.9. The van der Waals surface area contributed by atoms with Crippen molar-refractivity contribution in [1.29, 1.82) is 5.41 Å². The van der Waals surface area contributed by atoms with Crippen molar-refractivity contribution >= 4 is 44.5 Å². The van der Waals surface area contributed by atoms with Crippen LogP contribution in [-0.4, -0.2) is 41.4 Å². The fourth-order valence-corrected chi connectivity index (χ4v) is 7.48. The van der Waals surface area contributed by atoms with E-state index in [9.17, 15) is 9.59 Å². The first kappa shape index (κ1) is 42.6. The Morgan fingerprint density at radius 3 is 1.97 bits per heavy atom. The minimum Gasteiger partial charge on any atom is -0.313 e. The van der Waals surface area contributed by atoms with Gasteiger partial charge in [0.2, 0.25) is 0 Å². The van der Waals surface area contributed by atoms with Crippen molar-refractivity contribution in [2.24, 2.45) is 11.3 Å². The van der Waals surface area contributed by atoms with Gasteiger partial charge in [0, 0.05) is 5.92 Å². The molecule has 0 saturated carbocycles. The molecular formula is C27H50AlNO4S. The van der Waals surface area contributed by atoms with E-state index in [4.69, 9.17) is 13.8 Å². The number of terminal acetylenes is 1. The van der Waals surface area contributed by atoms with Gasteiger partial charge >= 0.3 is 11.6 Å². The summed E-state index contributed by atoms with van der Waals surface area (Å²) < 4.78 is 16.6. The predicted molar refractivity (Wildman–Crippen MR) is 152 cm³/mol. The van der Waals surface area contributed by atoms with E-state index in [1.807, 2.05) is 20.8 Å². The molecule has 34 heavy (non-hydrogen) atoms. The van der Waals surface area contributed by atoms with Crippen molar-refractivity contribution in [2.75, 3.05) is 0 Å². The molecule has 0 spiro atoms. The van der Waals surface area contributed by atoms with Gasteiger partial charge in [0.05, 0.1) is 0 Å². The van der Waals surface area contributed by atoms with Crippen LogP contribution in [-0.2, 0) is 21.2 Å². The molecule has 1 aliphatic rings. The maximum Gasteiger partial charge on any atom is 0.335 e. The SMILES string of the molecule is C#CC.C/C=C/[CH2][Al]1[CH2]C/C(=C/C=O)C(CC)(CC(C)C=O)[CH2]1.CC.CC=N.CCC.O=S=O. The molecule has 1 fully saturated rings. The van der Waals surface area contributed by atoms with Gasteiger partial charge in [-0.2, -0.15) is 8.42 Å². The van der Waals surface area contributed by atoms with E-state index in [1.165, 1.54) is 34.1 Å². The first-order chi connectivity index (χ1) is 16.3. The largest absolute Gasteiger partial charge is 0.335 e. The van der Waals surface area contributed by atoms with Crippen molar-refractivity contribution in [3.05, 3.63) is 23.8 Å². The lowest BCUT2D eigenvalue weighted by Gasteiger charge is -2.42. The lowest BCUT2D eigenvalue weighted by Crippen LogP contribution is -2.36. The molecule has 1 N–H and O–H groups in total. The summed E-state index contributed by atoms with van der Waals surface area (Å²) in [5.41, 5.74) is 1.41. The number of nitrogens with one attached hydrogen (secondary N) is 1. The minimum atomic E-state index is -0.779. The Morgan fingerprint density at radius 1 is 1.21 bits per heavy atom. The maximum atomic E-state index is 11.1. The molecule has 0 bridgehead atoms. The maximum absolute atomic E-state index is 11.1. The smallest absolute Gasteiger partial charge is 0.313 e. The highest BCUT2D eigenvalue weighted by atomic mass is 32.1. The van der Waals surface area contributed by atoms with Gasteiger partial charge in [-0.15, -0.1) is 18.4 Å². The van der Waals surface area contributed by atoms with E-state index in [-0.39, 0.29) is 11.3 Å². The number of hydrogen-bond acceptors (Lipinski definition) is 5. The molecule has 0 radical (unpaired) electrons. The van der Waals surface area contributed by atoms with Gasteiger partial charge in [0.25, 0.3) is 14.1 Å². The Bertz CT molecular complexity index is 608. The van der Waals surface area contributed by atoms with Crippen LogP contribution in [0.25, 0.3) is 0 Å². The second-order valence-electron chi connectivity index (χ2n) is 7.55. The summed E-state index contributed by atoms with van der Waals surface area (Å²) in [4.78, 5) is 22.0. The van der Waals surface area contributed by atoms with Crippen LogP contribution in [0.3, 0.4) is 0 Å². The molecule has 1 aliphatic heterocycles. The number of carbonyl (C=O) groups excluding carboxylic acids is 2. The normalized spacial score (nSPS) is 17.5. The highest BCUT2D eigenvalue weighted by molar-refractivity contribution is 7.51. The predicted octanol–water partition coefficient (Wildman–Crippen LogP) is 7.28. The van der Waals surface area contributed by atoms with Gasteiger partial charge in [0.15, 0.2) is 0 Å². The van der Waals surface area contributed by atoms with E-state index >= 15 is 0 Å². The average Bonchev–Trinajstić information content (AvgIpc) is 2.82. The van der Waals surface area contributed by atoms with Crippen molar-refractivity contribution in [3.63, 3.8) is 0 Å². The summed E-state index contributed by atoms with van der Waals surface area (Å²) in [5.74, 6) is 2.33. The monoisotopic (exact) mass is 511 g/mol. The van der Waals surface area contributed by atoms with E-state index in [0.29, 0.717) is 0 Å². The Hall–Kier alpha value is -1.60. The molecule has 2 unspecified atom stereocenters. The fourth-order valence-electron chi connectivity index (χ4n) is 3.68. The van der Waals surface area contributed by atoms with Gasteiger partial charge in [-0.3, -0.25) is 4.79 Å². The third kappa shape index (κ3) is 26.7. The molecular weight excluding hydrogens is 461 g/mol. The highest BCUT2D eigenvalue weighted by Crippen LogP contribution is 2.49. The van der Waals surface area contributed by atoms with E-state index < -0.39 is 25.7 Å². The van der Waals surface area contributed by atoms with Crippen LogP contribution in [0, 0.1) is 29.1 Å². The molecule has 7 heteroatoms. The lowest BCUT2D eigenvalue weighted by atomic mass is 9.72. The summed E-state index contributed by atoms with van der Waals surface area (Å²) >= 11 is -1.53. The van der Waals surface area contributed by atoms with Crippen molar-refractivity contribution in [2.45, 2.75) is 104 Å². The summed E-state index contributed by atoms with van der Waals surface area (Å²) in [6, 6.07) is 0. The molecule has 0 aromatic carbocycles. The molecule has 2 atom stereocenters. The quantitative estimate of drug-likeness (QED) is 0.0971. The van der Waals surface area contributed by atoms with Crippen molar-refractivity contribution < 1.29 is 18.0 Å². The Morgan fingerprint density at radius 2 is 1.65 bits per heavy atom. The van der Waals surface area contributed by atoms with Crippen LogP contribution in [0.2, 0.25) is 15.8 Å². The molecule has 5 nitrogen and oxygen atoms in total. The molecule has 0 aromatic rings. The van der Waals surface area contributed by atoms with Crippen LogP contribution < -0.4 is 0 Å². The average molecular weight is 512 g/mol. The van der Waals surface area contributed by atoms with Gasteiger partial charge in [-0.05, 0) is 57.7 Å². The Kier molecular flexibility index (Phi) is 45.0. The van der Waals surface area contributed by atoms with Gasteiger partial charge in [0.1, 0.15) is 12.6 Å². The van der Waals surface area contributed by atoms with Gasteiger partial charge in [-0.25, -0.2) is 0 Å². The zero-order valence-electron chi connectivity index (χ0n) is 23.2. The summed E-state index contributed by atoms with van der Waals surface area (Å²) in [7, 11) is 0. The molecule has 0 amide bonds. The number of aldehydes is 2. The van der Waals surface area contributed by atoms with Crippen molar-refractivity contribution in [3.8, 4) is 12.3 Å². The number of hydrogen-bond donors (Lipinski definition) is 1. The van der Waals surface area contributed by atoms with Gasteiger partial charge < -0.3 is 10.2 Å². The first-order valence-electron chi connectivity index (χ1n) is 12.2.